The molecule has 0 saturated carbocycles. The zero-order chi connectivity index (χ0) is 16.0. The Labute approximate surface area is 130 Å². The monoisotopic (exact) mass is 301 g/mol. The summed E-state index contributed by atoms with van der Waals surface area (Å²) in [6, 6.07) is 3.69. The van der Waals surface area contributed by atoms with Crippen LogP contribution in [0.3, 0.4) is 0 Å². The molecule has 0 N–H and O–H groups in total. The highest BCUT2D eigenvalue weighted by Gasteiger charge is 2.52. The van der Waals surface area contributed by atoms with E-state index >= 15 is 0 Å². The van der Waals surface area contributed by atoms with E-state index in [2.05, 4.69) is 10.1 Å². The molecule has 0 aromatic carbocycles. The smallest absolute Gasteiger partial charge is 0.481 e. The van der Waals surface area contributed by atoms with Gasteiger partial charge in [0, 0.05) is 23.9 Å². The molecule has 1 fully saturated rings. The topological polar surface area (TPSA) is 58.4 Å². The van der Waals surface area contributed by atoms with E-state index in [4.69, 9.17) is 14.0 Å². The molecular formula is C15H20BN3O3. The van der Waals surface area contributed by atoms with E-state index in [0.717, 1.165) is 11.2 Å². The summed E-state index contributed by atoms with van der Waals surface area (Å²) in [6.45, 7) is 8.13. The van der Waals surface area contributed by atoms with Gasteiger partial charge in [0.15, 0.2) is 0 Å². The lowest BCUT2D eigenvalue weighted by atomic mass is 9.82. The van der Waals surface area contributed by atoms with Gasteiger partial charge in [0.05, 0.1) is 30.2 Å². The Morgan fingerprint density at radius 2 is 1.77 bits per heavy atom. The van der Waals surface area contributed by atoms with Crippen LogP contribution in [0.1, 0.15) is 27.7 Å². The van der Waals surface area contributed by atoms with Crippen molar-refractivity contribution in [2.45, 2.75) is 38.9 Å². The fourth-order valence-corrected chi connectivity index (χ4v) is 2.21. The van der Waals surface area contributed by atoms with Crippen molar-refractivity contribution < 1.29 is 14.0 Å². The van der Waals surface area contributed by atoms with E-state index in [9.17, 15) is 0 Å². The van der Waals surface area contributed by atoms with Gasteiger partial charge in [0.25, 0.3) is 0 Å². The van der Waals surface area contributed by atoms with Crippen molar-refractivity contribution in [1.82, 2.24) is 14.8 Å². The van der Waals surface area contributed by atoms with Gasteiger partial charge in [-0.3, -0.25) is 0 Å². The second-order valence-electron chi connectivity index (χ2n) is 6.37. The van der Waals surface area contributed by atoms with Gasteiger partial charge < -0.3 is 14.0 Å². The zero-order valence-corrected chi connectivity index (χ0v) is 13.5. The molecule has 0 unspecified atom stereocenters. The van der Waals surface area contributed by atoms with Gasteiger partial charge in [0.1, 0.15) is 0 Å². The van der Waals surface area contributed by atoms with Crippen LogP contribution in [0.15, 0.2) is 30.7 Å². The summed E-state index contributed by atoms with van der Waals surface area (Å²) in [7, 11) is 1.18. The number of aromatic nitrogens is 3. The molecular weight excluding hydrogens is 281 g/mol. The Morgan fingerprint density at radius 1 is 1.09 bits per heavy atom. The Kier molecular flexibility index (Phi) is 3.49. The molecule has 3 rings (SSSR count). The van der Waals surface area contributed by atoms with Crippen molar-refractivity contribution >= 4 is 12.6 Å². The van der Waals surface area contributed by atoms with Crippen molar-refractivity contribution in [2.75, 3.05) is 7.11 Å². The van der Waals surface area contributed by atoms with Crippen molar-refractivity contribution in [1.29, 1.82) is 0 Å². The first-order valence-corrected chi connectivity index (χ1v) is 7.23. The first-order chi connectivity index (χ1) is 10.3. The van der Waals surface area contributed by atoms with E-state index in [-0.39, 0.29) is 11.2 Å². The fraction of sp³-hybridized carbons (Fsp3) is 0.467. The van der Waals surface area contributed by atoms with Crippen LogP contribution in [0.4, 0.5) is 0 Å². The third-order valence-corrected chi connectivity index (χ3v) is 4.32. The Hall–Kier alpha value is -1.86. The van der Waals surface area contributed by atoms with Crippen LogP contribution in [0, 0.1) is 0 Å². The largest absolute Gasteiger partial charge is 0.498 e. The molecule has 22 heavy (non-hydrogen) atoms. The predicted molar refractivity (Wildman–Crippen MR) is 83.6 cm³/mol. The van der Waals surface area contributed by atoms with E-state index in [1.807, 2.05) is 40.0 Å². The van der Waals surface area contributed by atoms with Crippen molar-refractivity contribution in [3.05, 3.63) is 30.7 Å². The highest BCUT2D eigenvalue weighted by Crippen LogP contribution is 2.36. The summed E-state index contributed by atoms with van der Waals surface area (Å²) >= 11 is 0. The molecule has 0 bridgehead atoms. The summed E-state index contributed by atoms with van der Waals surface area (Å²) in [4.78, 5) is 4.18. The second kappa shape index (κ2) is 5.10. The van der Waals surface area contributed by atoms with Crippen LogP contribution in [0.25, 0.3) is 5.69 Å². The molecule has 2 aromatic rings. The first-order valence-electron chi connectivity index (χ1n) is 7.23. The maximum absolute atomic E-state index is 6.02. The summed E-state index contributed by atoms with van der Waals surface area (Å²) in [5, 5.41) is 4.36. The molecule has 0 aliphatic carbocycles. The van der Waals surface area contributed by atoms with Crippen LogP contribution in [-0.4, -0.2) is 40.2 Å². The van der Waals surface area contributed by atoms with Gasteiger partial charge in [-0.15, -0.1) is 0 Å². The standard InChI is InChI=1S/C15H20BN3O3/c1-14(2)15(3,4)22-16(21-14)11-8-18-19(10-11)12-6-7-13(20-5)17-9-12/h6-10H,1-5H3. The van der Waals surface area contributed by atoms with Crippen LogP contribution in [0.5, 0.6) is 5.88 Å². The van der Waals surface area contributed by atoms with E-state index in [1.165, 1.54) is 0 Å². The minimum Gasteiger partial charge on any atom is -0.481 e. The van der Waals surface area contributed by atoms with Crippen LogP contribution >= 0.6 is 0 Å². The number of ether oxygens (including phenoxy) is 1. The van der Waals surface area contributed by atoms with Crippen LogP contribution < -0.4 is 10.2 Å². The lowest BCUT2D eigenvalue weighted by Crippen LogP contribution is -2.41. The third-order valence-electron chi connectivity index (χ3n) is 4.32. The number of methoxy groups -OCH3 is 1. The lowest BCUT2D eigenvalue weighted by molar-refractivity contribution is 0.00578. The summed E-state index contributed by atoms with van der Waals surface area (Å²) in [5.74, 6) is 0.571. The fourth-order valence-electron chi connectivity index (χ4n) is 2.21. The zero-order valence-electron chi connectivity index (χ0n) is 13.5. The highest BCUT2D eigenvalue weighted by molar-refractivity contribution is 6.62. The molecule has 1 saturated heterocycles. The predicted octanol–water partition coefficient (Wildman–Crippen LogP) is 1.58. The SMILES string of the molecule is COc1ccc(-n2cc(B3OC(C)(C)C(C)(C)O3)cn2)cn1. The lowest BCUT2D eigenvalue weighted by Gasteiger charge is -2.32. The van der Waals surface area contributed by atoms with Crippen molar-refractivity contribution in [2.24, 2.45) is 0 Å². The Balaban J connectivity index is 1.82. The van der Waals surface area contributed by atoms with Gasteiger partial charge >= 0.3 is 7.12 Å². The van der Waals surface area contributed by atoms with Crippen molar-refractivity contribution in [3.8, 4) is 11.6 Å². The molecule has 1 aliphatic heterocycles. The quantitative estimate of drug-likeness (QED) is 0.806. The molecule has 0 spiro atoms. The average molecular weight is 301 g/mol. The molecule has 0 atom stereocenters. The van der Waals surface area contributed by atoms with Gasteiger partial charge in [-0.1, -0.05) is 0 Å². The third kappa shape index (κ3) is 2.50. The molecule has 116 valence electrons. The minimum atomic E-state index is -0.412. The average Bonchev–Trinajstić information content (AvgIpc) is 3.03. The number of pyridine rings is 1. The van der Waals surface area contributed by atoms with Gasteiger partial charge in [0.2, 0.25) is 5.88 Å². The highest BCUT2D eigenvalue weighted by atomic mass is 16.7. The maximum atomic E-state index is 6.02. The van der Waals surface area contributed by atoms with Gasteiger partial charge in [-0.25, -0.2) is 9.67 Å². The number of hydrogen-bond donors (Lipinski definition) is 0. The van der Waals surface area contributed by atoms with Crippen LogP contribution in [0.2, 0.25) is 0 Å². The van der Waals surface area contributed by atoms with Crippen LogP contribution in [-0.2, 0) is 9.31 Å². The molecule has 0 radical (unpaired) electrons. The summed E-state index contributed by atoms with van der Waals surface area (Å²) in [6.07, 6.45) is 5.36. The van der Waals surface area contributed by atoms with E-state index in [1.54, 1.807) is 30.3 Å². The molecule has 2 aromatic heterocycles. The van der Waals surface area contributed by atoms with Gasteiger partial charge in [-0.05, 0) is 33.8 Å². The second-order valence-corrected chi connectivity index (χ2v) is 6.37. The van der Waals surface area contributed by atoms with Crippen molar-refractivity contribution in [3.63, 3.8) is 0 Å². The summed E-state index contributed by atoms with van der Waals surface area (Å²) in [5.41, 5.74) is 1.01. The maximum Gasteiger partial charge on any atom is 0.498 e. The molecule has 3 heterocycles. The molecule has 0 amide bonds. The first kappa shape index (κ1) is 15.1. The van der Waals surface area contributed by atoms with E-state index in [0.29, 0.717) is 5.88 Å². The number of rotatable bonds is 3. The number of hydrogen-bond acceptors (Lipinski definition) is 5. The normalized spacial score (nSPS) is 19.4. The molecule has 7 heteroatoms. The molecule has 1 aliphatic rings. The Morgan fingerprint density at radius 3 is 2.32 bits per heavy atom. The Bertz CT molecular complexity index is 651. The summed E-state index contributed by atoms with van der Waals surface area (Å²) < 4.78 is 18.8. The van der Waals surface area contributed by atoms with E-state index < -0.39 is 7.12 Å². The number of nitrogens with zero attached hydrogens (tertiary/aromatic N) is 3. The van der Waals surface area contributed by atoms with Gasteiger partial charge in [-0.2, -0.15) is 5.10 Å². The minimum absolute atomic E-state index is 0.360. The molecule has 6 nitrogen and oxygen atoms in total.